The third-order valence-corrected chi connectivity index (χ3v) is 6.66. The molecule has 2 atom stereocenters. The van der Waals surface area contributed by atoms with E-state index in [4.69, 9.17) is 14.6 Å². The predicted molar refractivity (Wildman–Crippen MR) is 154 cm³/mol. The fourth-order valence-electron chi connectivity index (χ4n) is 4.42. The van der Waals surface area contributed by atoms with Crippen molar-refractivity contribution in [3.63, 3.8) is 0 Å². The van der Waals surface area contributed by atoms with Crippen LogP contribution < -0.4 is 31.3 Å². The van der Waals surface area contributed by atoms with E-state index in [1.165, 1.54) is 37.1 Å². The van der Waals surface area contributed by atoms with Gasteiger partial charge >= 0.3 is 6.03 Å². The molecule has 1 aromatic heterocycles. The summed E-state index contributed by atoms with van der Waals surface area (Å²) >= 11 is 0. The third kappa shape index (κ3) is 8.05. The molecular formula is C28H33F2N7O7. The molecule has 4 amide bonds. The number of ether oxygens (including phenoxy) is 1. The summed E-state index contributed by atoms with van der Waals surface area (Å²) in [6.07, 6.45) is 0.623. The van der Waals surface area contributed by atoms with E-state index in [1.54, 1.807) is 25.1 Å². The van der Waals surface area contributed by atoms with E-state index in [9.17, 15) is 28.3 Å². The van der Waals surface area contributed by atoms with Crippen LogP contribution in [-0.4, -0.2) is 89.5 Å². The van der Waals surface area contributed by atoms with Gasteiger partial charge in [-0.2, -0.15) is 4.39 Å². The quantitative estimate of drug-likeness (QED) is 0.135. The molecule has 7 N–H and O–H groups in total. The van der Waals surface area contributed by atoms with Gasteiger partial charge in [-0.3, -0.25) is 14.4 Å². The number of carboxylic acid groups (broad SMARTS) is 1. The van der Waals surface area contributed by atoms with Crippen LogP contribution in [0.3, 0.4) is 0 Å². The van der Waals surface area contributed by atoms with Gasteiger partial charge in [0.25, 0.3) is 18.3 Å². The van der Waals surface area contributed by atoms with Gasteiger partial charge in [0.15, 0.2) is 17.4 Å². The lowest BCUT2D eigenvalue weighted by Gasteiger charge is -2.16. The van der Waals surface area contributed by atoms with E-state index in [0.29, 0.717) is 29.9 Å². The molecule has 1 aliphatic rings. The highest BCUT2D eigenvalue weighted by atomic mass is 19.2. The minimum Gasteiger partial charge on any atom is -0.494 e. The number of anilines is 1. The summed E-state index contributed by atoms with van der Waals surface area (Å²) in [5.41, 5.74) is 1.48. The Morgan fingerprint density at radius 2 is 1.82 bits per heavy atom. The zero-order chi connectivity index (χ0) is 32.4. The number of aryl methyl sites for hydroxylation is 1. The Bertz CT molecular complexity index is 1520. The lowest BCUT2D eigenvalue weighted by molar-refractivity contribution is -0.122. The fourth-order valence-corrected chi connectivity index (χ4v) is 4.42. The van der Waals surface area contributed by atoms with Crippen LogP contribution in [0.2, 0.25) is 0 Å². The molecule has 0 bridgehead atoms. The fraction of sp³-hybridized carbons (Fsp3) is 0.321. The molecule has 3 aromatic rings. The molecule has 0 saturated carbocycles. The van der Waals surface area contributed by atoms with E-state index < -0.39 is 29.7 Å². The molecule has 16 heteroatoms. The first-order chi connectivity index (χ1) is 21.0. The lowest BCUT2D eigenvalue weighted by atomic mass is 10.1. The second-order valence-corrected chi connectivity index (χ2v) is 9.55. The summed E-state index contributed by atoms with van der Waals surface area (Å²) in [6, 6.07) is 6.53. The van der Waals surface area contributed by atoms with Crippen LogP contribution >= 0.6 is 0 Å². The van der Waals surface area contributed by atoms with Gasteiger partial charge in [-0.05, 0) is 42.8 Å². The molecule has 1 saturated heterocycles. The van der Waals surface area contributed by atoms with Crippen LogP contribution in [0.25, 0.3) is 11.3 Å². The summed E-state index contributed by atoms with van der Waals surface area (Å²) in [5, 5.41) is 30.3. The second-order valence-electron chi connectivity index (χ2n) is 9.55. The number of carbonyl (C=O) groups is 4. The molecule has 2 aromatic carbocycles. The summed E-state index contributed by atoms with van der Waals surface area (Å²) in [7, 11) is 2.74. The molecule has 44 heavy (non-hydrogen) atoms. The topological polar surface area (TPSA) is 196 Å². The molecule has 2 heterocycles. The first-order valence-corrected chi connectivity index (χ1v) is 13.3. The van der Waals surface area contributed by atoms with Crippen molar-refractivity contribution < 1.29 is 42.9 Å². The molecule has 0 aliphatic carbocycles. The number of methoxy groups -OCH3 is 1. The van der Waals surface area contributed by atoms with Crippen molar-refractivity contribution in [3.8, 4) is 17.0 Å². The van der Waals surface area contributed by atoms with Gasteiger partial charge in [0, 0.05) is 50.0 Å². The van der Waals surface area contributed by atoms with Gasteiger partial charge in [0.1, 0.15) is 0 Å². The molecule has 236 valence electrons. The highest BCUT2D eigenvalue weighted by molar-refractivity contribution is 6.03. The Kier molecular flexibility index (Phi) is 11.7. The highest BCUT2D eigenvalue weighted by Crippen LogP contribution is 2.30. The average molecular weight is 618 g/mol. The maximum Gasteiger partial charge on any atom is 0.315 e. The lowest BCUT2D eigenvalue weighted by Crippen LogP contribution is -2.48. The normalized spacial score (nSPS) is 15.4. The number of rotatable bonds is 9. The number of aliphatic hydroxyl groups excluding tert-OH is 1. The van der Waals surface area contributed by atoms with Crippen LogP contribution in [0.4, 0.5) is 19.3 Å². The third-order valence-electron chi connectivity index (χ3n) is 6.66. The van der Waals surface area contributed by atoms with E-state index in [2.05, 4.69) is 31.6 Å². The number of hydrogen-bond acceptors (Lipinski definition) is 8. The van der Waals surface area contributed by atoms with Crippen LogP contribution in [0.15, 0.2) is 36.5 Å². The number of imidazole rings is 1. The Balaban J connectivity index is 0.00000169. The molecule has 0 radical (unpaired) electrons. The number of benzene rings is 2. The molecular weight excluding hydrogens is 584 g/mol. The SMILES string of the molecule is COc1ccc(-c2cnc(C(=O)Nc3ccc(C(=O)NCCNC(=O)N[C@@H]4CNC[C@H]4O)c(C)c3)n2C)c(F)c1F.O=CO. The van der Waals surface area contributed by atoms with Crippen LogP contribution in [0, 0.1) is 18.6 Å². The Morgan fingerprint density at radius 1 is 1.11 bits per heavy atom. The number of halogens is 2. The number of amides is 4. The first-order valence-electron chi connectivity index (χ1n) is 13.3. The Morgan fingerprint density at radius 3 is 2.45 bits per heavy atom. The first kappa shape index (κ1) is 33.4. The minimum atomic E-state index is -1.14. The zero-order valence-electron chi connectivity index (χ0n) is 24.1. The van der Waals surface area contributed by atoms with Gasteiger partial charge in [0.2, 0.25) is 5.82 Å². The zero-order valence-corrected chi connectivity index (χ0v) is 24.1. The van der Waals surface area contributed by atoms with E-state index in [0.717, 1.165) is 0 Å². The predicted octanol–water partition coefficient (Wildman–Crippen LogP) is 0.997. The largest absolute Gasteiger partial charge is 0.494 e. The van der Waals surface area contributed by atoms with Crippen molar-refractivity contribution in [1.29, 1.82) is 0 Å². The highest BCUT2D eigenvalue weighted by Gasteiger charge is 2.26. The van der Waals surface area contributed by atoms with Crippen molar-refractivity contribution >= 4 is 30.0 Å². The summed E-state index contributed by atoms with van der Waals surface area (Å²) in [6.45, 7) is 2.71. The maximum absolute atomic E-state index is 14.6. The van der Waals surface area contributed by atoms with Crippen molar-refractivity contribution in [2.75, 3.05) is 38.6 Å². The van der Waals surface area contributed by atoms with Gasteiger partial charge in [-0.1, -0.05) is 0 Å². The van der Waals surface area contributed by atoms with Gasteiger partial charge in [0.05, 0.1) is 31.1 Å². The number of β-amino-alcohol motifs (C(OH)–C–C–N with tert-alkyl or cyclic N) is 1. The Hall–Kier alpha value is -5.09. The van der Waals surface area contributed by atoms with Crippen LogP contribution in [-0.2, 0) is 11.8 Å². The molecule has 14 nitrogen and oxygen atoms in total. The summed E-state index contributed by atoms with van der Waals surface area (Å²) in [5.74, 6) is -3.49. The standard InChI is InChI=1S/C27H31F2N7O5.CH2O2/c1-14-10-15(4-5-16(14)25(38)31-8-9-32-27(40)35-18-11-30-13-20(18)37)34-26(39)24-33-12-19(36(24)2)17-6-7-21(41-3)23(29)22(17)28;2-1-3/h4-7,10,12,18,20,30,37H,8-9,11,13H2,1-3H3,(H,31,38)(H,34,39)(H2,32,35,40);1H,(H,2,3)/t18-,20-;/m1./s1. The molecule has 1 aliphatic heterocycles. The van der Waals surface area contributed by atoms with Crippen molar-refractivity contribution in [3.05, 3.63) is 65.1 Å². The van der Waals surface area contributed by atoms with Gasteiger partial charge in [-0.15, -0.1) is 0 Å². The second kappa shape index (κ2) is 15.4. The van der Waals surface area contributed by atoms with Crippen LogP contribution in [0.5, 0.6) is 5.75 Å². The molecule has 1 fully saturated rings. The number of nitrogens with zero attached hydrogens (tertiary/aromatic N) is 2. The van der Waals surface area contributed by atoms with Crippen molar-refractivity contribution in [2.45, 2.75) is 19.1 Å². The van der Waals surface area contributed by atoms with Gasteiger partial charge < -0.3 is 46.1 Å². The Labute approximate surface area is 250 Å². The number of urea groups is 1. The maximum atomic E-state index is 14.6. The number of aliphatic hydroxyl groups is 1. The molecule has 0 spiro atoms. The summed E-state index contributed by atoms with van der Waals surface area (Å²) in [4.78, 5) is 49.9. The monoisotopic (exact) mass is 617 g/mol. The van der Waals surface area contributed by atoms with Crippen LogP contribution in [0.1, 0.15) is 26.5 Å². The van der Waals surface area contributed by atoms with Gasteiger partial charge in [-0.25, -0.2) is 14.2 Å². The number of carbonyl (C=O) groups excluding carboxylic acids is 3. The van der Waals surface area contributed by atoms with Crippen molar-refractivity contribution in [1.82, 2.24) is 30.8 Å². The number of hydrogen-bond donors (Lipinski definition) is 7. The number of aromatic nitrogens is 2. The van der Waals surface area contributed by atoms with E-state index in [1.807, 2.05) is 0 Å². The van der Waals surface area contributed by atoms with E-state index in [-0.39, 0.29) is 54.3 Å². The molecule has 4 rings (SSSR count). The number of nitrogens with one attached hydrogen (secondary N) is 5. The minimum absolute atomic E-state index is 0.0367. The summed E-state index contributed by atoms with van der Waals surface area (Å²) < 4.78 is 34.9. The average Bonchev–Trinajstić information content (AvgIpc) is 3.57. The smallest absolute Gasteiger partial charge is 0.315 e. The van der Waals surface area contributed by atoms with E-state index >= 15 is 0 Å². The molecule has 0 unspecified atom stereocenters. The van der Waals surface area contributed by atoms with Crippen molar-refractivity contribution in [2.24, 2.45) is 7.05 Å².